The first kappa shape index (κ1) is 20.2. The molecule has 0 radical (unpaired) electrons. The number of amides is 2. The molecule has 0 aromatic heterocycles. The highest BCUT2D eigenvalue weighted by Gasteiger charge is 2.29. The molecule has 0 spiro atoms. The quantitative estimate of drug-likeness (QED) is 0.744. The molecule has 1 heterocycles. The maximum Gasteiger partial charge on any atom is 0.446 e. The first-order valence-corrected chi connectivity index (χ1v) is 9.46. The predicted molar refractivity (Wildman–Crippen MR) is 104 cm³/mol. The predicted octanol–water partition coefficient (Wildman–Crippen LogP) is 4.66. The topological polar surface area (TPSA) is 44.8 Å². The van der Waals surface area contributed by atoms with Crippen LogP contribution in [0.1, 0.15) is 0 Å². The normalized spacial score (nSPS) is 14.7. The number of nitrogens with one attached hydrogen (secondary N) is 1. The second-order valence-corrected chi connectivity index (χ2v) is 7.31. The summed E-state index contributed by atoms with van der Waals surface area (Å²) >= 11 is -0.180. The van der Waals surface area contributed by atoms with Crippen LogP contribution in [0.3, 0.4) is 0 Å². The van der Waals surface area contributed by atoms with E-state index >= 15 is 0 Å². The highest BCUT2D eigenvalue weighted by molar-refractivity contribution is 8.00. The van der Waals surface area contributed by atoms with E-state index in [2.05, 4.69) is 10.2 Å². The fourth-order valence-corrected chi connectivity index (χ4v) is 3.44. The van der Waals surface area contributed by atoms with Crippen LogP contribution < -0.4 is 15.0 Å². The van der Waals surface area contributed by atoms with Crippen molar-refractivity contribution in [2.45, 2.75) is 10.4 Å². The molecule has 0 saturated carbocycles. The fourth-order valence-electron chi connectivity index (χ4n) is 2.90. The van der Waals surface area contributed by atoms with E-state index in [1.54, 1.807) is 12.0 Å². The van der Waals surface area contributed by atoms with Crippen LogP contribution >= 0.6 is 11.8 Å². The molecule has 1 fully saturated rings. The lowest BCUT2D eigenvalue weighted by Gasteiger charge is -2.36. The molecule has 0 unspecified atom stereocenters. The SMILES string of the molecule is COc1ccc(N2CCN(C(=O)Nc3ccc(SC(F)(F)F)cc3)CC2)cc1. The van der Waals surface area contributed by atoms with E-state index in [9.17, 15) is 18.0 Å². The summed E-state index contributed by atoms with van der Waals surface area (Å²) in [5.74, 6) is 0.793. The molecule has 1 saturated heterocycles. The van der Waals surface area contributed by atoms with Crippen molar-refractivity contribution in [1.82, 2.24) is 4.90 Å². The van der Waals surface area contributed by atoms with Gasteiger partial charge in [0.2, 0.25) is 0 Å². The Labute approximate surface area is 165 Å². The second-order valence-electron chi connectivity index (χ2n) is 6.17. The monoisotopic (exact) mass is 411 g/mol. The van der Waals surface area contributed by atoms with Gasteiger partial charge in [0.05, 0.1) is 7.11 Å². The number of alkyl halides is 3. The Balaban J connectivity index is 1.50. The maximum absolute atomic E-state index is 12.4. The average molecular weight is 411 g/mol. The lowest BCUT2D eigenvalue weighted by Crippen LogP contribution is -2.50. The summed E-state index contributed by atoms with van der Waals surface area (Å²) in [4.78, 5) is 16.4. The van der Waals surface area contributed by atoms with Crippen LogP contribution in [0.25, 0.3) is 0 Å². The fraction of sp³-hybridized carbons (Fsp3) is 0.316. The second kappa shape index (κ2) is 8.64. The standard InChI is InChI=1S/C19H20F3N3O2S/c1-27-16-6-4-15(5-7-16)24-10-12-25(13-11-24)18(26)23-14-2-8-17(9-3-14)28-19(20,21)22/h2-9H,10-13H2,1H3,(H,23,26). The lowest BCUT2D eigenvalue weighted by atomic mass is 10.2. The Morgan fingerprint density at radius 3 is 2.14 bits per heavy atom. The summed E-state index contributed by atoms with van der Waals surface area (Å²) in [6.07, 6.45) is 0. The van der Waals surface area contributed by atoms with E-state index in [1.807, 2.05) is 24.3 Å². The van der Waals surface area contributed by atoms with Crippen LogP contribution in [0.2, 0.25) is 0 Å². The zero-order valence-electron chi connectivity index (χ0n) is 15.2. The Kier molecular flexibility index (Phi) is 6.23. The van der Waals surface area contributed by atoms with Gasteiger partial charge in [0.1, 0.15) is 5.75 Å². The van der Waals surface area contributed by atoms with E-state index < -0.39 is 5.51 Å². The van der Waals surface area contributed by atoms with Crippen LogP contribution in [0.15, 0.2) is 53.4 Å². The third-order valence-corrected chi connectivity index (χ3v) is 5.08. The van der Waals surface area contributed by atoms with E-state index in [1.165, 1.54) is 24.3 Å². The first-order chi connectivity index (χ1) is 13.3. The molecule has 0 bridgehead atoms. The van der Waals surface area contributed by atoms with Gasteiger partial charge < -0.3 is 19.9 Å². The highest BCUT2D eigenvalue weighted by Crippen LogP contribution is 2.37. The number of benzene rings is 2. The van der Waals surface area contributed by atoms with Crippen molar-refractivity contribution in [2.24, 2.45) is 0 Å². The van der Waals surface area contributed by atoms with Crippen molar-refractivity contribution in [3.63, 3.8) is 0 Å². The molecule has 5 nitrogen and oxygen atoms in total. The van der Waals surface area contributed by atoms with Crippen LogP contribution in [-0.4, -0.2) is 49.7 Å². The lowest BCUT2D eigenvalue weighted by molar-refractivity contribution is -0.0328. The highest BCUT2D eigenvalue weighted by atomic mass is 32.2. The van der Waals surface area contributed by atoms with Gasteiger partial charge in [-0.2, -0.15) is 13.2 Å². The molecular formula is C19H20F3N3O2S. The van der Waals surface area contributed by atoms with E-state index in [0.717, 1.165) is 11.4 Å². The molecule has 9 heteroatoms. The number of rotatable bonds is 4. The number of hydrogen-bond acceptors (Lipinski definition) is 4. The van der Waals surface area contributed by atoms with Crippen molar-refractivity contribution < 1.29 is 22.7 Å². The van der Waals surface area contributed by atoms with Gasteiger partial charge in [0.15, 0.2) is 0 Å². The number of halogens is 3. The molecule has 0 aliphatic carbocycles. The Morgan fingerprint density at radius 1 is 1.00 bits per heavy atom. The number of nitrogens with zero attached hydrogens (tertiary/aromatic N) is 2. The van der Waals surface area contributed by atoms with E-state index in [0.29, 0.717) is 31.9 Å². The maximum atomic E-state index is 12.4. The largest absolute Gasteiger partial charge is 0.497 e. The minimum atomic E-state index is -4.33. The van der Waals surface area contributed by atoms with Crippen molar-refractivity contribution in [2.75, 3.05) is 43.5 Å². The van der Waals surface area contributed by atoms with Gasteiger partial charge in [-0.25, -0.2) is 4.79 Å². The summed E-state index contributed by atoms with van der Waals surface area (Å²) in [5, 5.41) is 2.73. The van der Waals surface area contributed by atoms with Crippen molar-refractivity contribution in [3.05, 3.63) is 48.5 Å². The van der Waals surface area contributed by atoms with Gasteiger partial charge in [0, 0.05) is 42.4 Å². The molecule has 0 atom stereocenters. The summed E-state index contributed by atoms with van der Waals surface area (Å²) in [5.41, 5.74) is -2.79. The zero-order valence-corrected chi connectivity index (χ0v) is 16.0. The van der Waals surface area contributed by atoms with Gasteiger partial charge >= 0.3 is 11.5 Å². The molecular weight excluding hydrogens is 391 g/mol. The molecule has 2 aromatic rings. The third kappa shape index (κ3) is 5.48. The molecule has 150 valence electrons. The average Bonchev–Trinajstić information content (AvgIpc) is 2.68. The van der Waals surface area contributed by atoms with Gasteiger partial charge in [-0.1, -0.05) is 0 Å². The number of carbonyl (C=O) groups excluding carboxylic acids is 1. The number of piperazine rings is 1. The number of hydrogen-bond donors (Lipinski definition) is 1. The number of carbonyl (C=O) groups is 1. The summed E-state index contributed by atoms with van der Waals surface area (Å²) in [6, 6.07) is 13.1. The van der Waals surface area contributed by atoms with Crippen LogP contribution in [0.5, 0.6) is 5.75 Å². The van der Waals surface area contributed by atoms with Crippen molar-refractivity contribution in [1.29, 1.82) is 0 Å². The number of ether oxygens (including phenoxy) is 1. The minimum Gasteiger partial charge on any atom is -0.497 e. The van der Waals surface area contributed by atoms with Crippen molar-refractivity contribution in [3.8, 4) is 5.75 Å². The Morgan fingerprint density at radius 2 is 1.61 bits per heavy atom. The number of anilines is 2. The number of urea groups is 1. The van der Waals surface area contributed by atoms with Crippen LogP contribution in [-0.2, 0) is 0 Å². The number of methoxy groups -OCH3 is 1. The van der Waals surface area contributed by atoms with Crippen molar-refractivity contribution >= 4 is 29.2 Å². The van der Waals surface area contributed by atoms with E-state index in [4.69, 9.17) is 4.74 Å². The smallest absolute Gasteiger partial charge is 0.446 e. The molecule has 28 heavy (non-hydrogen) atoms. The van der Waals surface area contributed by atoms with Gasteiger partial charge in [-0.05, 0) is 60.3 Å². The minimum absolute atomic E-state index is 0.0820. The summed E-state index contributed by atoms with van der Waals surface area (Å²) in [7, 11) is 1.62. The molecule has 1 aliphatic rings. The van der Waals surface area contributed by atoms with Crippen LogP contribution in [0, 0.1) is 0 Å². The molecule has 1 N–H and O–H groups in total. The Hall–Kier alpha value is -2.55. The molecule has 2 amide bonds. The van der Waals surface area contributed by atoms with Gasteiger partial charge in [0.25, 0.3) is 0 Å². The van der Waals surface area contributed by atoms with Gasteiger partial charge in [-0.15, -0.1) is 0 Å². The van der Waals surface area contributed by atoms with Crippen LogP contribution in [0.4, 0.5) is 29.3 Å². The Bertz CT molecular complexity index is 790. The summed E-state index contributed by atoms with van der Waals surface area (Å²) < 4.78 is 42.2. The molecule has 3 rings (SSSR count). The number of thioether (sulfide) groups is 1. The third-order valence-electron chi connectivity index (χ3n) is 4.34. The molecule has 2 aromatic carbocycles. The zero-order chi connectivity index (χ0) is 20.1. The van der Waals surface area contributed by atoms with Gasteiger partial charge in [-0.3, -0.25) is 0 Å². The first-order valence-electron chi connectivity index (χ1n) is 8.65. The van der Waals surface area contributed by atoms with E-state index in [-0.39, 0.29) is 22.7 Å². The summed E-state index contributed by atoms with van der Waals surface area (Å²) in [6.45, 7) is 2.50. The molecule has 1 aliphatic heterocycles.